The molecule has 106 valence electrons. The zero-order valence-electron chi connectivity index (χ0n) is 12.5. The standard InChI is InChI=1S/C15H29FN2/c1-12-5-8-17(11-14(12)16)13-6-9-18(10-7-13)15(2,3)4/h12-14H,5-11H2,1-4H3/t12-,14-/m0/s1. The SMILES string of the molecule is C[C@H]1CCN(C2CCN(C(C)(C)C)CC2)C[C@@H]1F. The van der Waals surface area contributed by atoms with Gasteiger partial charge in [0.05, 0.1) is 0 Å². The number of hydrogen-bond acceptors (Lipinski definition) is 2. The van der Waals surface area contributed by atoms with Crippen LogP contribution in [0.5, 0.6) is 0 Å². The monoisotopic (exact) mass is 256 g/mol. The Bertz CT molecular complexity index is 266. The molecule has 3 heteroatoms. The van der Waals surface area contributed by atoms with E-state index in [1.165, 1.54) is 12.8 Å². The molecule has 0 aromatic rings. The predicted octanol–water partition coefficient (Wildman–Crippen LogP) is 2.93. The second-order valence-electron chi connectivity index (χ2n) is 7.17. The average molecular weight is 256 g/mol. The van der Waals surface area contributed by atoms with Crippen molar-refractivity contribution in [2.45, 2.75) is 64.7 Å². The van der Waals surface area contributed by atoms with Crippen LogP contribution in [0.4, 0.5) is 4.39 Å². The molecular weight excluding hydrogens is 227 g/mol. The molecule has 0 saturated carbocycles. The summed E-state index contributed by atoms with van der Waals surface area (Å²) in [6.45, 7) is 13.0. The van der Waals surface area contributed by atoms with E-state index < -0.39 is 6.17 Å². The maximum atomic E-state index is 13.8. The Morgan fingerprint density at radius 2 is 1.61 bits per heavy atom. The van der Waals surface area contributed by atoms with Crippen LogP contribution in [0.3, 0.4) is 0 Å². The summed E-state index contributed by atoms with van der Waals surface area (Å²) in [6.07, 6.45) is 2.83. The summed E-state index contributed by atoms with van der Waals surface area (Å²) >= 11 is 0. The van der Waals surface area contributed by atoms with Gasteiger partial charge in [0.2, 0.25) is 0 Å². The minimum absolute atomic E-state index is 0.260. The third kappa shape index (κ3) is 3.24. The van der Waals surface area contributed by atoms with Crippen molar-refractivity contribution in [3.63, 3.8) is 0 Å². The Morgan fingerprint density at radius 3 is 2.11 bits per heavy atom. The summed E-state index contributed by atoms with van der Waals surface area (Å²) in [5, 5.41) is 0. The first-order chi connectivity index (χ1) is 8.38. The van der Waals surface area contributed by atoms with Crippen molar-refractivity contribution in [2.24, 2.45) is 5.92 Å². The molecule has 0 spiro atoms. The largest absolute Gasteiger partial charge is 0.298 e. The number of likely N-dealkylation sites (tertiary alicyclic amines) is 2. The molecule has 2 atom stereocenters. The van der Waals surface area contributed by atoms with Crippen molar-refractivity contribution in [3.05, 3.63) is 0 Å². The first-order valence-electron chi connectivity index (χ1n) is 7.51. The van der Waals surface area contributed by atoms with Gasteiger partial charge >= 0.3 is 0 Å². The highest BCUT2D eigenvalue weighted by atomic mass is 19.1. The molecule has 18 heavy (non-hydrogen) atoms. The van der Waals surface area contributed by atoms with Crippen LogP contribution in [0.25, 0.3) is 0 Å². The van der Waals surface area contributed by atoms with Crippen LogP contribution in [-0.4, -0.2) is 53.7 Å². The molecule has 0 radical (unpaired) electrons. The van der Waals surface area contributed by atoms with Gasteiger partial charge in [-0.25, -0.2) is 4.39 Å². The summed E-state index contributed by atoms with van der Waals surface area (Å²) in [4.78, 5) is 4.97. The van der Waals surface area contributed by atoms with Crippen molar-refractivity contribution in [2.75, 3.05) is 26.2 Å². The molecule has 0 aromatic carbocycles. The van der Waals surface area contributed by atoms with E-state index in [1.54, 1.807) is 0 Å². The zero-order valence-corrected chi connectivity index (χ0v) is 12.5. The summed E-state index contributed by atoms with van der Waals surface area (Å²) in [7, 11) is 0. The number of nitrogens with zero attached hydrogens (tertiary/aromatic N) is 2. The molecule has 0 N–H and O–H groups in total. The second kappa shape index (κ2) is 5.46. The molecule has 0 unspecified atom stereocenters. The van der Waals surface area contributed by atoms with Crippen LogP contribution in [0, 0.1) is 5.92 Å². The summed E-state index contributed by atoms with van der Waals surface area (Å²) in [5.74, 6) is 0.260. The molecule has 0 aliphatic carbocycles. The summed E-state index contributed by atoms with van der Waals surface area (Å²) in [6, 6.07) is 0.620. The molecule has 2 fully saturated rings. The van der Waals surface area contributed by atoms with Gasteiger partial charge in [-0.2, -0.15) is 0 Å². The Kier molecular flexibility index (Phi) is 4.32. The van der Waals surface area contributed by atoms with Crippen LogP contribution in [0.15, 0.2) is 0 Å². The van der Waals surface area contributed by atoms with E-state index in [0.717, 1.165) is 26.1 Å². The Hall–Kier alpha value is -0.150. The first-order valence-corrected chi connectivity index (χ1v) is 7.51. The number of rotatable bonds is 1. The Balaban J connectivity index is 1.83. The van der Waals surface area contributed by atoms with Crippen molar-refractivity contribution in [1.29, 1.82) is 0 Å². The van der Waals surface area contributed by atoms with Gasteiger partial charge in [0.15, 0.2) is 0 Å². The highest BCUT2D eigenvalue weighted by Gasteiger charge is 2.33. The van der Waals surface area contributed by atoms with Gasteiger partial charge in [0, 0.05) is 31.2 Å². The number of alkyl halides is 1. The lowest BCUT2D eigenvalue weighted by Gasteiger charge is -2.45. The van der Waals surface area contributed by atoms with Crippen molar-refractivity contribution in [1.82, 2.24) is 9.80 Å². The molecule has 2 aliphatic heterocycles. The highest BCUT2D eigenvalue weighted by Crippen LogP contribution is 2.27. The fraction of sp³-hybridized carbons (Fsp3) is 1.00. The molecule has 0 amide bonds. The molecule has 2 saturated heterocycles. The second-order valence-corrected chi connectivity index (χ2v) is 7.17. The molecule has 0 aromatic heterocycles. The van der Waals surface area contributed by atoms with Gasteiger partial charge in [-0.05, 0) is 52.5 Å². The van der Waals surface area contributed by atoms with E-state index in [2.05, 4.69) is 30.6 Å². The van der Waals surface area contributed by atoms with Crippen molar-refractivity contribution >= 4 is 0 Å². The molecular formula is C15H29FN2. The van der Waals surface area contributed by atoms with Crippen molar-refractivity contribution < 1.29 is 4.39 Å². The van der Waals surface area contributed by atoms with E-state index >= 15 is 0 Å². The van der Waals surface area contributed by atoms with Crippen LogP contribution in [0.2, 0.25) is 0 Å². The third-order valence-electron chi connectivity index (χ3n) is 4.83. The fourth-order valence-electron chi connectivity index (χ4n) is 3.28. The maximum Gasteiger partial charge on any atom is 0.115 e. The number of piperidine rings is 2. The molecule has 2 heterocycles. The third-order valence-corrected chi connectivity index (χ3v) is 4.83. The predicted molar refractivity (Wildman–Crippen MR) is 74.6 cm³/mol. The first kappa shape index (κ1) is 14.3. The number of hydrogen-bond donors (Lipinski definition) is 0. The topological polar surface area (TPSA) is 6.48 Å². The Labute approximate surface area is 112 Å². The van der Waals surface area contributed by atoms with E-state index in [9.17, 15) is 4.39 Å². The lowest BCUT2D eigenvalue weighted by molar-refractivity contribution is 0.0167. The minimum Gasteiger partial charge on any atom is -0.298 e. The van der Waals surface area contributed by atoms with Crippen LogP contribution in [-0.2, 0) is 0 Å². The zero-order chi connectivity index (χ0) is 13.3. The summed E-state index contributed by atoms with van der Waals surface area (Å²) in [5.41, 5.74) is 0.282. The van der Waals surface area contributed by atoms with Gasteiger partial charge in [-0.1, -0.05) is 6.92 Å². The van der Waals surface area contributed by atoms with Gasteiger partial charge in [0.25, 0.3) is 0 Å². The normalized spacial score (nSPS) is 33.8. The minimum atomic E-state index is -0.612. The van der Waals surface area contributed by atoms with Crippen molar-refractivity contribution in [3.8, 4) is 0 Å². The van der Waals surface area contributed by atoms with Gasteiger partial charge in [-0.15, -0.1) is 0 Å². The van der Waals surface area contributed by atoms with Gasteiger partial charge < -0.3 is 0 Å². The van der Waals surface area contributed by atoms with E-state index in [4.69, 9.17) is 0 Å². The lowest BCUT2D eigenvalue weighted by Crippen LogP contribution is -2.53. The average Bonchev–Trinajstić information content (AvgIpc) is 2.32. The van der Waals surface area contributed by atoms with Crippen LogP contribution >= 0.6 is 0 Å². The smallest absolute Gasteiger partial charge is 0.115 e. The summed E-state index contributed by atoms with van der Waals surface area (Å²) < 4.78 is 13.8. The highest BCUT2D eigenvalue weighted by molar-refractivity contribution is 4.88. The van der Waals surface area contributed by atoms with Gasteiger partial charge in [-0.3, -0.25) is 9.80 Å². The molecule has 0 bridgehead atoms. The lowest BCUT2D eigenvalue weighted by atomic mass is 9.92. The molecule has 2 aliphatic rings. The molecule has 2 nitrogen and oxygen atoms in total. The number of halogens is 1. The quantitative estimate of drug-likeness (QED) is 0.712. The van der Waals surface area contributed by atoms with Crippen LogP contribution in [0.1, 0.15) is 47.0 Å². The van der Waals surface area contributed by atoms with E-state index in [0.29, 0.717) is 12.6 Å². The maximum absolute atomic E-state index is 13.8. The van der Waals surface area contributed by atoms with E-state index in [1.807, 2.05) is 6.92 Å². The van der Waals surface area contributed by atoms with E-state index in [-0.39, 0.29) is 11.5 Å². The molecule has 2 rings (SSSR count). The Morgan fingerprint density at radius 1 is 1.00 bits per heavy atom. The fourth-order valence-corrected chi connectivity index (χ4v) is 3.28. The van der Waals surface area contributed by atoms with Gasteiger partial charge in [0.1, 0.15) is 6.17 Å². The van der Waals surface area contributed by atoms with Crippen LogP contribution < -0.4 is 0 Å².